The largest absolute Gasteiger partial charge is 0.456 e. The number of fused-ring (bicyclic) bond motifs is 6. The summed E-state index contributed by atoms with van der Waals surface area (Å²) in [5.41, 5.74) is 5.81. The molecule has 0 atom stereocenters. The minimum atomic E-state index is -1.17. The second-order valence-corrected chi connectivity index (χ2v) is 11.3. The topological polar surface area (TPSA) is 74.4 Å². The number of carbonyl (C=O) groups is 2. The van der Waals surface area contributed by atoms with Gasteiger partial charge in [0.05, 0.1) is 0 Å². The molecule has 0 saturated carbocycles. The van der Waals surface area contributed by atoms with Crippen LogP contribution in [0.5, 0.6) is 11.5 Å². The van der Waals surface area contributed by atoms with Gasteiger partial charge in [-0.25, -0.2) is 15.2 Å². The molecular formula is C33H40N4O4. The van der Waals surface area contributed by atoms with Crippen molar-refractivity contribution in [1.29, 1.82) is 0 Å². The Kier molecular flexibility index (Phi) is 7.36. The van der Waals surface area contributed by atoms with Crippen molar-refractivity contribution in [1.82, 2.24) is 10.4 Å². The average molecular weight is 557 g/mol. The first-order valence-electron chi connectivity index (χ1n) is 14.5. The van der Waals surface area contributed by atoms with Crippen molar-refractivity contribution in [2.75, 3.05) is 36.0 Å². The molecule has 3 aromatic rings. The van der Waals surface area contributed by atoms with Crippen LogP contribution in [0.4, 0.5) is 16.2 Å². The minimum Gasteiger partial charge on any atom is -0.456 e. The van der Waals surface area contributed by atoms with E-state index < -0.39 is 17.2 Å². The molecule has 2 heterocycles. The van der Waals surface area contributed by atoms with Crippen molar-refractivity contribution >= 4 is 23.4 Å². The van der Waals surface area contributed by atoms with Gasteiger partial charge in [0.15, 0.2) is 0 Å². The van der Waals surface area contributed by atoms with Gasteiger partial charge in [0.2, 0.25) is 0 Å². The molecule has 41 heavy (non-hydrogen) atoms. The summed E-state index contributed by atoms with van der Waals surface area (Å²) in [6.45, 7) is 17.2. The fourth-order valence-electron chi connectivity index (χ4n) is 6.06. The first-order chi connectivity index (χ1) is 19.6. The van der Waals surface area contributed by atoms with Gasteiger partial charge in [0.25, 0.3) is 5.91 Å². The maximum atomic E-state index is 14.1. The Hall–Kier alpha value is -4.20. The van der Waals surface area contributed by atoms with E-state index in [-0.39, 0.29) is 5.91 Å². The molecule has 0 aromatic heterocycles. The van der Waals surface area contributed by atoms with Crippen LogP contribution in [0.25, 0.3) is 0 Å². The molecule has 0 bridgehead atoms. The first kappa shape index (κ1) is 28.3. The van der Waals surface area contributed by atoms with Crippen LogP contribution < -0.4 is 20.0 Å². The van der Waals surface area contributed by atoms with Crippen LogP contribution in [0.15, 0.2) is 60.7 Å². The molecule has 1 N–H and O–H groups in total. The Labute approximate surface area is 242 Å². The van der Waals surface area contributed by atoms with E-state index in [1.165, 1.54) is 5.01 Å². The third kappa shape index (κ3) is 4.65. The van der Waals surface area contributed by atoms with Crippen LogP contribution in [0.1, 0.15) is 75.5 Å². The van der Waals surface area contributed by atoms with Gasteiger partial charge in [-0.3, -0.25) is 4.79 Å². The van der Waals surface area contributed by atoms with E-state index in [2.05, 4.69) is 55.1 Å². The summed E-state index contributed by atoms with van der Waals surface area (Å²) < 4.78 is 12.3. The zero-order valence-electron chi connectivity index (χ0n) is 25.1. The lowest BCUT2D eigenvalue weighted by atomic mass is 9.75. The van der Waals surface area contributed by atoms with Crippen molar-refractivity contribution in [2.45, 2.75) is 59.6 Å². The molecule has 0 unspecified atom stereocenters. The highest BCUT2D eigenvalue weighted by Crippen LogP contribution is 2.57. The Bertz CT molecular complexity index is 1410. The number of nitrogens with one attached hydrogen (secondary N) is 1. The molecule has 3 aromatic carbocycles. The molecule has 216 valence electrons. The Morgan fingerprint density at radius 2 is 1.34 bits per heavy atom. The number of hydrogen-bond acceptors (Lipinski definition) is 6. The van der Waals surface area contributed by atoms with Gasteiger partial charge < -0.3 is 19.3 Å². The molecule has 0 radical (unpaired) electrons. The summed E-state index contributed by atoms with van der Waals surface area (Å²) in [6.07, 6.45) is -0.702. The Morgan fingerprint density at radius 1 is 0.829 bits per heavy atom. The van der Waals surface area contributed by atoms with Crippen LogP contribution in [-0.2, 0) is 10.3 Å². The number of benzene rings is 3. The number of nitrogens with zero attached hydrogens (tertiary/aromatic N) is 3. The maximum Gasteiger partial charge on any atom is 0.426 e. The quantitative estimate of drug-likeness (QED) is 0.350. The van der Waals surface area contributed by atoms with Gasteiger partial charge in [0, 0.05) is 71.9 Å². The SMILES string of the molecule is CCN(CC)c1ccc2c(c1)Oc1cc(N(CC)CC)ccc1C21c2ccccc2C(=O)N1NC(=O)OC(C)(C)C. The Morgan fingerprint density at radius 3 is 1.83 bits per heavy atom. The highest BCUT2D eigenvalue weighted by atomic mass is 16.6. The van der Waals surface area contributed by atoms with Crippen molar-refractivity contribution < 1.29 is 19.1 Å². The number of amides is 2. The number of anilines is 2. The number of hydrogen-bond donors (Lipinski definition) is 1. The van der Waals surface area contributed by atoms with Crippen LogP contribution in [0.2, 0.25) is 0 Å². The number of hydrazine groups is 1. The summed E-state index contributed by atoms with van der Waals surface area (Å²) in [5.74, 6) is 0.962. The molecular weight excluding hydrogens is 516 g/mol. The monoisotopic (exact) mass is 556 g/mol. The van der Waals surface area contributed by atoms with Gasteiger partial charge in [-0.15, -0.1) is 0 Å². The van der Waals surface area contributed by atoms with Crippen molar-refractivity contribution in [3.63, 3.8) is 0 Å². The van der Waals surface area contributed by atoms with E-state index in [9.17, 15) is 9.59 Å². The molecule has 0 saturated heterocycles. The van der Waals surface area contributed by atoms with E-state index in [4.69, 9.17) is 9.47 Å². The highest BCUT2D eigenvalue weighted by Gasteiger charge is 2.57. The van der Waals surface area contributed by atoms with Gasteiger partial charge in [-0.2, -0.15) is 0 Å². The molecule has 2 amide bonds. The minimum absolute atomic E-state index is 0.314. The lowest BCUT2D eigenvalue weighted by Gasteiger charge is -2.44. The third-order valence-electron chi connectivity index (χ3n) is 7.87. The molecule has 0 aliphatic carbocycles. The normalized spacial score (nSPS) is 14.6. The van der Waals surface area contributed by atoms with Crippen molar-refractivity contribution in [3.05, 3.63) is 82.9 Å². The third-order valence-corrected chi connectivity index (χ3v) is 7.87. The standard InChI is InChI=1S/C33H40N4O4/c1-8-35(9-2)22-16-18-26-28(20-22)40-29-21-23(36(10-3)11-4)17-19-27(29)33(26)25-15-13-12-14-24(25)30(38)37(33)34-31(39)41-32(5,6)7/h12-21H,8-11H2,1-7H3,(H,34,39). The van der Waals surface area contributed by atoms with E-state index >= 15 is 0 Å². The molecule has 2 aliphatic heterocycles. The van der Waals surface area contributed by atoms with E-state index in [1.807, 2.05) is 42.5 Å². The summed E-state index contributed by atoms with van der Waals surface area (Å²) >= 11 is 0. The van der Waals surface area contributed by atoms with Crippen LogP contribution in [0.3, 0.4) is 0 Å². The average Bonchev–Trinajstić information content (AvgIpc) is 3.17. The fourth-order valence-corrected chi connectivity index (χ4v) is 6.06. The van der Waals surface area contributed by atoms with Crippen LogP contribution in [0, 0.1) is 0 Å². The first-order valence-corrected chi connectivity index (χ1v) is 14.5. The molecule has 0 fully saturated rings. The smallest absolute Gasteiger partial charge is 0.426 e. The van der Waals surface area contributed by atoms with Gasteiger partial charge >= 0.3 is 6.09 Å². The molecule has 1 spiro atoms. The predicted octanol–water partition coefficient (Wildman–Crippen LogP) is 6.67. The lowest BCUT2D eigenvalue weighted by molar-refractivity contribution is 0.0181. The fraction of sp³-hybridized carbons (Fsp3) is 0.394. The van der Waals surface area contributed by atoms with E-state index in [0.29, 0.717) is 17.1 Å². The van der Waals surface area contributed by atoms with Crippen molar-refractivity contribution in [3.8, 4) is 11.5 Å². The van der Waals surface area contributed by atoms with Crippen molar-refractivity contribution in [2.24, 2.45) is 0 Å². The van der Waals surface area contributed by atoms with Crippen LogP contribution >= 0.6 is 0 Å². The molecule has 5 rings (SSSR count). The number of rotatable bonds is 7. The molecule has 8 nitrogen and oxygen atoms in total. The predicted molar refractivity (Wildman–Crippen MR) is 162 cm³/mol. The molecule has 8 heteroatoms. The maximum absolute atomic E-state index is 14.1. The summed E-state index contributed by atoms with van der Waals surface area (Å²) in [7, 11) is 0. The summed E-state index contributed by atoms with van der Waals surface area (Å²) in [6, 6.07) is 19.8. The van der Waals surface area contributed by atoms with Gasteiger partial charge in [-0.1, -0.05) is 30.3 Å². The second-order valence-electron chi connectivity index (χ2n) is 11.3. The summed E-state index contributed by atoms with van der Waals surface area (Å²) in [4.78, 5) is 31.9. The summed E-state index contributed by atoms with van der Waals surface area (Å²) in [5, 5.41) is 1.43. The molecule has 2 aliphatic rings. The Balaban J connectivity index is 1.80. The highest BCUT2D eigenvalue weighted by molar-refractivity contribution is 6.03. The van der Waals surface area contributed by atoms with Gasteiger partial charge in [-0.05, 0) is 66.7 Å². The van der Waals surface area contributed by atoms with Crippen LogP contribution in [-0.4, -0.2) is 48.8 Å². The number of carbonyl (C=O) groups excluding carboxylic acids is 2. The zero-order valence-corrected chi connectivity index (χ0v) is 25.1. The van der Waals surface area contributed by atoms with E-state index in [0.717, 1.165) is 54.2 Å². The lowest BCUT2D eigenvalue weighted by Crippen LogP contribution is -2.56. The van der Waals surface area contributed by atoms with Gasteiger partial charge in [0.1, 0.15) is 22.6 Å². The van der Waals surface area contributed by atoms with E-state index in [1.54, 1.807) is 26.8 Å². The second kappa shape index (κ2) is 10.7. The number of ether oxygens (including phenoxy) is 2. The zero-order chi connectivity index (χ0) is 29.5.